The number of nitrogens with zero attached hydrogens (tertiary/aromatic N) is 3. The molecule has 2 aromatic rings. The first kappa shape index (κ1) is 23.2. The molecule has 1 aliphatic carbocycles. The summed E-state index contributed by atoms with van der Waals surface area (Å²) in [7, 11) is 1.60. The van der Waals surface area contributed by atoms with Gasteiger partial charge in [0, 0.05) is 6.07 Å². The molecule has 1 aromatic carbocycles. The molecule has 0 amide bonds. The van der Waals surface area contributed by atoms with Gasteiger partial charge in [0.15, 0.2) is 5.82 Å². The van der Waals surface area contributed by atoms with E-state index in [4.69, 9.17) is 20.1 Å². The van der Waals surface area contributed by atoms with Gasteiger partial charge in [0.05, 0.1) is 12.9 Å². The highest BCUT2D eigenvalue weighted by molar-refractivity contribution is 7.99. The maximum absolute atomic E-state index is 12.5. The molecule has 8 nitrogen and oxygen atoms in total. The lowest BCUT2D eigenvalue weighted by molar-refractivity contribution is -0.152. The van der Waals surface area contributed by atoms with Crippen molar-refractivity contribution in [3.05, 3.63) is 30.1 Å². The molecule has 1 aliphatic rings. The fourth-order valence-corrected chi connectivity index (χ4v) is 4.58. The van der Waals surface area contributed by atoms with Gasteiger partial charge < -0.3 is 20.1 Å². The van der Waals surface area contributed by atoms with E-state index >= 15 is 0 Å². The largest absolute Gasteiger partial charge is 0.497 e. The molecule has 1 saturated carbocycles. The Kier molecular flexibility index (Phi) is 8.06. The van der Waals surface area contributed by atoms with Crippen LogP contribution in [0.15, 0.2) is 29.4 Å². The van der Waals surface area contributed by atoms with Crippen molar-refractivity contribution in [2.75, 3.05) is 18.7 Å². The lowest BCUT2D eigenvalue weighted by atomic mass is 9.75. The van der Waals surface area contributed by atoms with Gasteiger partial charge in [-0.15, -0.1) is 10.2 Å². The van der Waals surface area contributed by atoms with E-state index in [1.54, 1.807) is 13.2 Å². The fraction of sp³-hybridized carbons (Fsp3) is 0.591. The summed E-state index contributed by atoms with van der Waals surface area (Å²) in [5.74, 6) is 9.29. The zero-order valence-electron chi connectivity index (χ0n) is 18.6. The third-order valence-corrected chi connectivity index (χ3v) is 6.62. The second-order valence-electron chi connectivity index (χ2n) is 8.38. The van der Waals surface area contributed by atoms with Crippen LogP contribution in [0.1, 0.15) is 45.9 Å². The highest BCUT2D eigenvalue weighted by Crippen LogP contribution is 2.35. The Morgan fingerprint density at radius 2 is 2.06 bits per heavy atom. The number of hydrogen-bond acceptors (Lipinski definition) is 8. The summed E-state index contributed by atoms with van der Waals surface area (Å²) in [6, 6.07) is 7.27. The van der Waals surface area contributed by atoms with E-state index in [1.165, 1.54) is 22.9 Å². The van der Waals surface area contributed by atoms with E-state index < -0.39 is 0 Å². The minimum Gasteiger partial charge on any atom is -0.497 e. The number of rotatable bonds is 9. The van der Waals surface area contributed by atoms with Crippen molar-refractivity contribution >= 4 is 17.7 Å². The van der Waals surface area contributed by atoms with E-state index in [0.29, 0.717) is 40.2 Å². The van der Waals surface area contributed by atoms with Crippen molar-refractivity contribution in [3.63, 3.8) is 0 Å². The van der Waals surface area contributed by atoms with Crippen LogP contribution in [0.3, 0.4) is 0 Å². The Morgan fingerprint density at radius 3 is 2.81 bits per heavy atom. The lowest BCUT2D eigenvalue weighted by Gasteiger charge is -2.36. The number of thioether (sulfide) groups is 1. The minimum atomic E-state index is -0.244. The maximum atomic E-state index is 12.5. The van der Waals surface area contributed by atoms with E-state index in [1.807, 2.05) is 18.2 Å². The first-order valence-electron chi connectivity index (χ1n) is 10.7. The number of esters is 1. The van der Waals surface area contributed by atoms with E-state index in [-0.39, 0.29) is 24.4 Å². The number of nitrogens with two attached hydrogens (primary N) is 1. The predicted molar refractivity (Wildman–Crippen MR) is 119 cm³/mol. The topological polar surface area (TPSA) is 101 Å². The molecule has 170 valence electrons. The number of nitrogen functional groups attached to an aromatic ring is 1. The van der Waals surface area contributed by atoms with E-state index in [9.17, 15) is 4.79 Å². The highest BCUT2D eigenvalue weighted by Gasteiger charge is 2.33. The average molecular weight is 449 g/mol. The summed E-state index contributed by atoms with van der Waals surface area (Å²) in [5, 5.41) is 8.59. The van der Waals surface area contributed by atoms with Gasteiger partial charge in [-0.3, -0.25) is 4.79 Å². The molecule has 31 heavy (non-hydrogen) atoms. The van der Waals surface area contributed by atoms with Crippen LogP contribution in [0.2, 0.25) is 0 Å². The van der Waals surface area contributed by atoms with Crippen molar-refractivity contribution in [3.8, 4) is 11.5 Å². The highest BCUT2D eigenvalue weighted by atomic mass is 32.2. The number of benzene rings is 1. The van der Waals surface area contributed by atoms with Crippen molar-refractivity contribution in [1.82, 2.24) is 14.9 Å². The summed E-state index contributed by atoms with van der Waals surface area (Å²) >= 11 is 1.22. The quantitative estimate of drug-likeness (QED) is 0.352. The molecular formula is C22H32N4O4S. The Bertz CT molecular complexity index is 873. The lowest BCUT2D eigenvalue weighted by Crippen LogP contribution is -2.36. The van der Waals surface area contributed by atoms with Crippen molar-refractivity contribution < 1.29 is 19.0 Å². The van der Waals surface area contributed by atoms with Gasteiger partial charge in [0.2, 0.25) is 5.16 Å². The van der Waals surface area contributed by atoms with Crippen LogP contribution < -0.4 is 15.3 Å². The number of aromatic nitrogens is 3. The first-order chi connectivity index (χ1) is 14.9. The van der Waals surface area contributed by atoms with Gasteiger partial charge in [-0.1, -0.05) is 45.0 Å². The van der Waals surface area contributed by atoms with Gasteiger partial charge in [-0.25, -0.2) is 4.68 Å². The molecule has 2 N–H and O–H groups in total. The van der Waals surface area contributed by atoms with Crippen molar-refractivity contribution in [2.45, 2.75) is 57.9 Å². The Labute approximate surface area is 187 Å². The SMILES string of the molecule is COc1cccc(OCc2nnc(SCC(=O)O[C@@H]3C[C@@H](C)CC[C@H]3C(C)C)n2N)c1. The van der Waals surface area contributed by atoms with Crippen LogP contribution in [-0.2, 0) is 16.1 Å². The fourth-order valence-electron chi connectivity index (χ4n) is 3.92. The predicted octanol–water partition coefficient (Wildman–Crippen LogP) is 3.68. The number of ether oxygens (including phenoxy) is 3. The molecule has 1 aromatic heterocycles. The first-order valence-corrected chi connectivity index (χ1v) is 11.6. The van der Waals surface area contributed by atoms with Crippen molar-refractivity contribution in [2.24, 2.45) is 17.8 Å². The third-order valence-electron chi connectivity index (χ3n) is 5.71. The van der Waals surface area contributed by atoms with Gasteiger partial charge in [-0.05, 0) is 42.7 Å². The molecule has 9 heteroatoms. The second-order valence-corrected chi connectivity index (χ2v) is 9.32. The molecule has 0 radical (unpaired) electrons. The van der Waals surface area contributed by atoms with Gasteiger partial charge in [-0.2, -0.15) is 0 Å². The van der Waals surface area contributed by atoms with Crippen LogP contribution in [0.4, 0.5) is 0 Å². The molecule has 0 spiro atoms. The van der Waals surface area contributed by atoms with Crippen LogP contribution in [0.25, 0.3) is 0 Å². The Balaban J connectivity index is 1.51. The summed E-state index contributed by atoms with van der Waals surface area (Å²) in [6.07, 6.45) is 3.22. The second kappa shape index (κ2) is 10.7. The van der Waals surface area contributed by atoms with E-state index in [0.717, 1.165) is 12.8 Å². The number of methoxy groups -OCH3 is 1. The zero-order valence-corrected chi connectivity index (χ0v) is 19.4. The van der Waals surface area contributed by atoms with Gasteiger partial charge >= 0.3 is 5.97 Å². The minimum absolute atomic E-state index is 0.0144. The Morgan fingerprint density at radius 1 is 1.29 bits per heavy atom. The van der Waals surface area contributed by atoms with E-state index in [2.05, 4.69) is 31.0 Å². The standard InChI is InChI=1S/C22H32N4O4S/c1-14(2)18-9-8-15(3)10-19(18)30-21(27)13-31-22-25-24-20(26(22)23)12-29-17-7-5-6-16(11-17)28-4/h5-7,11,14-15,18-19H,8-10,12-13,23H2,1-4H3/t15-,18-,19+/m0/s1. The van der Waals surface area contributed by atoms with Gasteiger partial charge in [0.25, 0.3) is 0 Å². The monoisotopic (exact) mass is 448 g/mol. The van der Waals surface area contributed by atoms with Crippen LogP contribution >= 0.6 is 11.8 Å². The summed E-state index contributed by atoms with van der Waals surface area (Å²) in [5.41, 5.74) is 0. The van der Waals surface area contributed by atoms with Crippen molar-refractivity contribution in [1.29, 1.82) is 0 Å². The third kappa shape index (κ3) is 6.29. The summed E-state index contributed by atoms with van der Waals surface area (Å²) in [6.45, 7) is 6.76. The van der Waals surface area contributed by atoms with Crippen LogP contribution in [-0.4, -0.2) is 39.8 Å². The number of carbonyl (C=O) groups excluding carboxylic acids is 1. The molecule has 1 heterocycles. The smallest absolute Gasteiger partial charge is 0.316 e. The molecular weight excluding hydrogens is 416 g/mol. The molecule has 0 aliphatic heterocycles. The van der Waals surface area contributed by atoms with Crippen LogP contribution in [0, 0.1) is 17.8 Å². The summed E-state index contributed by atoms with van der Waals surface area (Å²) in [4.78, 5) is 12.5. The maximum Gasteiger partial charge on any atom is 0.316 e. The molecule has 0 bridgehead atoms. The molecule has 1 fully saturated rings. The number of carbonyl (C=O) groups is 1. The molecule has 3 atom stereocenters. The summed E-state index contributed by atoms with van der Waals surface area (Å²) < 4.78 is 18.1. The Hall–Kier alpha value is -2.42. The molecule has 3 rings (SSSR count). The molecule has 0 unspecified atom stereocenters. The normalized spacial score (nSPS) is 21.1. The number of hydrogen-bond donors (Lipinski definition) is 1. The molecule has 0 saturated heterocycles. The average Bonchev–Trinajstić information content (AvgIpc) is 3.10. The van der Waals surface area contributed by atoms with Gasteiger partial charge in [0.1, 0.15) is 24.2 Å². The zero-order chi connectivity index (χ0) is 22.4. The van der Waals surface area contributed by atoms with Crippen LogP contribution in [0.5, 0.6) is 11.5 Å².